The lowest BCUT2D eigenvalue weighted by atomic mass is 9.87. The summed E-state index contributed by atoms with van der Waals surface area (Å²) in [5.74, 6) is -0.0359. The van der Waals surface area contributed by atoms with E-state index in [4.69, 9.17) is 5.11 Å². The Bertz CT molecular complexity index is 306. The smallest absolute Gasteiger partial charge is 0.317 e. The normalized spacial score (nSPS) is 18.9. The van der Waals surface area contributed by atoms with E-state index in [-0.39, 0.29) is 23.9 Å². The SMILES string of the molecule is CSCCC(C)NC(=O)N1CC(C(C)C(=O)O)C1. The van der Waals surface area contributed by atoms with Crippen LogP contribution in [0.3, 0.4) is 0 Å². The van der Waals surface area contributed by atoms with Crippen molar-refractivity contribution in [2.24, 2.45) is 11.8 Å². The van der Waals surface area contributed by atoms with E-state index in [0.717, 1.165) is 12.2 Å². The number of thioether (sulfide) groups is 1. The fourth-order valence-corrected chi connectivity index (χ4v) is 2.45. The molecule has 0 aromatic heterocycles. The van der Waals surface area contributed by atoms with Gasteiger partial charge in [0.15, 0.2) is 0 Å². The number of likely N-dealkylation sites (tertiary alicyclic amines) is 1. The summed E-state index contributed by atoms with van der Waals surface area (Å²) in [6.07, 6.45) is 3.00. The molecule has 0 aromatic rings. The summed E-state index contributed by atoms with van der Waals surface area (Å²) in [5.41, 5.74) is 0. The average Bonchev–Trinajstić information content (AvgIpc) is 2.23. The van der Waals surface area contributed by atoms with Gasteiger partial charge in [0, 0.05) is 25.0 Å². The highest BCUT2D eigenvalue weighted by Gasteiger charge is 2.37. The van der Waals surface area contributed by atoms with Crippen LogP contribution >= 0.6 is 11.8 Å². The second kappa shape index (κ2) is 6.87. The Hall–Kier alpha value is -0.910. The van der Waals surface area contributed by atoms with Crippen molar-refractivity contribution in [2.45, 2.75) is 26.3 Å². The minimum Gasteiger partial charge on any atom is -0.481 e. The topological polar surface area (TPSA) is 69.6 Å². The number of carboxylic acid groups (broad SMARTS) is 1. The van der Waals surface area contributed by atoms with E-state index >= 15 is 0 Å². The van der Waals surface area contributed by atoms with Gasteiger partial charge in [-0.05, 0) is 25.4 Å². The number of amides is 2. The Labute approximate surface area is 112 Å². The summed E-state index contributed by atoms with van der Waals surface area (Å²) < 4.78 is 0. The molecular weight excluding hydrogens is 252 g/mol. The highest BCUT2D eigenvalue weighted by Crippen LogP contribution is 2.24. The van der Waals surface area contributed by atoms with E-state index in [1.165, 1.54) is 0 Å². The molecule has 0 radical (unpaired) electrons. The van der Waals surface area contributed by atoms with Crippen molar-refractivity contribution in [1.82, 2.24) is 10.2 Å². The van der Waals surface area contributed by atoms with Crippen LogP contribution in [-0.2, 0) is 4.79 Å². The van der Waals surface area contributed by atoms with Crippen molar-refractivity contribution < 1.29 is 14.7 Å². The number of carboxylic acids is 1. The highest BCUT2D eigenvalue weighted by atomic mass is 32.2. The van der Waals surface area contributed by atoms with Crippen LogP contribution in [0.1, 0.15) is 20.3 Å². The maximum Gasteiger partial charge on any atom is 0.317 e. The predicted octanol–water partition coefficient (Wildman–Crippen LogP) is 1.49. The molecule has 0 aromatic carbocycles. The van der Waals surface area contributed by atoms with Crippen molar-refractivity contribution in [3.05, 3.63) is 0 Å². The fraction of sp³-hybridized carbons (Fsp3) is 0.833. The van der Waals surface area contributed by atoms with Gasteiger partial charge in [-0.1, -0.05) is 6.92 Å². The van der Waals surface area contributed by atoms with Crippen LogP contribution in [0.5, 0.6) is 0 Å². The molecule has 2 unspecified atom stereocenters. The number of carbonyl (C=O) groups is 2. The maximum atomic E-state index is 11.8. The molecule has 1 aliphatic rings. The molecule has 1 aliphatic heterocycles. The van der Waals surface area contributed by atoms with Gasteiger partial charge in [0.25, 0.3) is 0 Å². The molecule has 1 rings (SSSR count). The third kappa shape index (κ3) is 4.08. The second-order valence-corrected chi connectivity index (χ2v) is 5.91. The first-order valence-corrected chi connectivity index (χ1v) is 7.62. The van der Waals surface area contributed by atoms with Crippen molar-refractivity contribution >= 4 is 23.8 Å². The van der Waals surface area contributed by atoms with E-state index < -0.39 is 5.97 Å². The zero-order valence-electron chi connectivity index (χ0n) is 11.2. The minimum absolute atomic E-state index is 0.0718. The predicted molar refractivity (Wildman–Crippen MR) is 72.9 cm³/mol. The molecule has 1 heterocycles. The molecule has 6 heteroatoms. The minimum atomic E-state index is -0.784. The standard InChI is InChI=1S/C12H22N2O3S/c1-8(4-5-18-3)13-12(17)14-6-10(7-14)9(2)11(15)16/h8-10H,4-7H2,1-3H3,(H,13,17)(H,15,16). The van der Waals surface area contributed by atoms with Crippen LogP contribution in [0.25, 0.3) is 0 Å². The second-order valence-electron chi connectivity index (χ2n) is 4.92. The van der Waals surface area contributed by atoms with Crippen LogP contribution in [0.15, 0.2) is 0 Å². The van der Waals surface area contributed by atoms with E-state index in [0.29, 0.717) is 13.1 Å². The van der Waals surface area contributed by atoms with E-state index in [2.05, 4.69) is 5.32 Å². The largest absolute Gasteiger partial charge is 0.481 e. The van der Waals surface area contributed by atoms with Gasteiger partial charge in [-0.15, -0.1) is 0 Å². The van der Waals surface area contributed by atoms with Crippen molar-refractivity contribution in [2.75, 3.05) is 25.1 Å². The van der Waals surface area contributed by atoms with E-state index in [1.54, 1.807) is 23.6 Å². The Balaban J connectivity index is 2.24. The molecule has 104 valence electrons. The number of hydrogen-bond acceptors (Lipinski definition) is 3. The first kappa shape index (κ1) is 15.1. The molecule has 0 spiro atoms. The quantitative estimate of drug-likeness (QED) is 0.770. The van der Waals surface area contributed by atoms with Crippen LogP contribution in [0, 0.1) is 11.8 Å². The molecule has 1 fully saturated rings. The number of aliphatic carboxylic acids is 1. The van der Waals surface area contributed by atoms with Crippen molar-refractivity contribution in [3.8, 4) is 0 Å². The highest BCUT2D eigenvalue weighted by molar-refractivity contribution is 7.98. The third-order valence-corrected chi connectivity index (χ3v) is 4.06. The summed E-state index contributed by atoms with van der Waals surface area (Å²) in [5, 5.41) is 11.8. The van der Waals surface area contributed by atoms with Gasteiger partial charge in [0.2, 0.25) is 0 Å². The first-order chi connectivity index (χ1) is 8.45. The zero-order chi connectivity index (χ0) is 13.7. The van der Waals surface area contributed by atoms with Crippen LogP contribution in [-0.4, -0.2) is 53.1 Å². The molecule has 0 saturated carbocycles. The first-order valence-electron chi connectivity index (χ1n) is 6.22. The lowest BCUT2D eigenvalue weighted by Crippen LogP contribution is -2.57. The molecule has 0 bridgehead atoms. The van der Waals surface area contributed by atoms with Gasteiger partial charge < -0.3 is 15.3 Å². The molecule has 2 N–H and O–H groups in total. The molecule has 18 heavy (non-hydrogen) atoms. The summed E-state index contributed by atoms with van der Waals surface area (Å²) in [6.45, 7) is 4.79. The number of rotatable bonds is 6. The molecule has 1 saturated heterocycles. The van der Waals surface area contributed by atoms with Gasteiger partial charge in [-0.3, -0.25) is 4.79 Å². The van der Waals surface area contributed by atoms with Crippen molar-refractivity contribution in [3.63, 3.8) is 0 Å². The van der Waals surface area contributed by atoms with Gasteiger partial charge in [0.05, 0.1) is 5.92 Å². The summed E-state index contributed by atoms with van der Waals surface area (Å²) in [6, 6.07) is 0.0957. The van der Waals surface area contributed by atoms with E-state index in [1.807, 2.05) is 13.2 Å². The van der Waals surface area contributed by atoms with Gasteiger partial charge in [-0.2, -0.15) is 11.8 Å². The number of carbonyl (C=O) groups excluding carboxylic acids is 1. The zero-order valence-corrected chi connectivity index (χ0v) is 12.0. The Kier molecular flexibility index (Phi) is 5.78. The summed E-state index contributed by atoms with van der Waals surface area (Å²) in [7, 11) is 0. The molecule has 0 aliphatic carbocycles. The molecule has 2 atom stereocenters. The Morgan fingerprint density at radius 3 is 2.56 bits per heavy atom. The van der Waals surface area contributed by atoms with Crippen LogP contribution in [0.2, 0.25) is 0 Å². The van der Waals surface area contributed by atoms with Crippen molar-refractivity contribution in [1.29, 1.82) is 0 Å². The number of nitrogens with zero attached hydrogens (tertiary/aromatic N) is 1. The number of urea groups is 1. The lowest BCUT2D eigenvalue weighted by Gasteiger charge is -2.41. The fourth-order valence-electron chi connectivity index (χ4n) is 1.87. The molecule has 2 amide bonds. The summed E-state index contributed by atoms with van der Waals surface area (Å²) in [4.78, 5) is 24.3. The van der Waals surface area contributed by atoms with Gasteiger partial charge >= 0.3 is 12.0 Å². The van der Waals surface area contributed by atoms with Gasteiger partial charge in [-0.25, -0.2) is 4.79 Å². The monoisotopic (exact) mass is 274 g/mol. The Morgan fingerprint density at radius 1 is 1.44 bits per heavy atom. The number of nitrogens with one attached hydrogen (secondary N) is 1. The Morgan fingerprint density at radius 2 is 2.06 bits per heavy atom. The maximum absolute atomic E-state index is 11.8. The third-order valence-electron chi connectivity index (χ3n) is 3.42. The van der Waals surface area contributed by atoms with Crippen LogP contribution < -0.4 is 5.32 Å². The molecule has 5 nitrogen and oxygen atoms in total. The summed E-state index contributed by atoms with van der Waals surface area (Å²) >= 11 is 1.76. The average molecular weight is 274 g/mol. The van der Waals surface area contributed by atoms with E-state index in [9.17, 15) is 9.59 Å². The van der Waals surface area contributed by atoms with Gasteiger partial charge in [0.1, 0.15) is 0 Å². The van der Waals surface area contributed by atoms with Crippen LogP contribution in [0.4, 0.5) is 4.79 Å². The lowest BCUT2D eigenvalue weighted by molar-refractivity contribution is -0.144. The number of hydrogen-bond donors (Lipinski definition) is 2. The molecular formula is C12H22N2O3S.